The minimum absolute atomic E-state index is 0.178. The van der Waals surface area contributed by atoms with Crippen molar-refractivity contribution < 1.29 is 18.1 Å². The number of hydrogen-bond acceptors (Lipinski definition) is 3. The molecule has 0 fully saturated rings. The maximum absolute atomic E-state index is 12.1. The van der Waals surface area contributed by atoms with E-state index in [2.05, 4.69) is 0 Å². The van der Waals surface area contributed by atoms with Crippen LogP contribution in [0.1, 0.15) is 0 Å². The van der Waals surface area contributed by atoms with Crippen molar-refractivity contribution in [2.24, 2.45) is 0 Å². The average Bonchev–Trinajstić information content (AvgIpc) is 2.07. The number of rotatable bonds is 2. The van der Waals surface area contributed by atoms with E-state index in [-0.39, 0.29) is 5.02 Å². The Morgan fingerprint density at radius 1 is 1.31 bits per heavy atom. The highest BCUT2D eigenvalue weighted by molar-refractivity contribution is 8.00. The third-order valence-corrected chi connectivity index (χ3v) is 2.91. The SMILES string of the molecule is O=[N+]([O-])c1cc(Cl)cc(SC(F)(F)F)c1Cl. The first-order chi connectivity index (χ1) is 7.20. The molecule has 9 heteroatoms. The minimum atomic E-state index is -4.58. The van der Waals surface area contributed by atoms with Crippen LogP contribution in [-0.4, -0.2) is 10.4 Å². The first kappa shape index (κ1) is 13.4. The lowest BCUT2D eigenvalue weighted by molar-refractivity contribution is -0.384. The highest BCUT2D eigenvalue weighted by Gasteiger charge is 2.32. The molecule has 0 saturated carbocycles. The van der Waals surface area contributed by atoms with Crippen LogP contribution in [0.2, 0.25) is 10.0 Å². The summed E-state index contributed by atoms with van der Waals surface area (Å²) in [5.41, 5.74) is -5.23. The van der Waals surface area contributed by atoms with E-state index in [1.54, 1.807) is 0 Å². The van der Waals surface area contributed by atoms with Gasteiger partial charge in [0.1, 0.15) is 5.02 Å². The molecular formula is C7H2Cl2F3NO2S. The van der Waals surface area contributed by atoms with Crippen LogP contribution < -0.4 is 0 Å². The van der Waals surface area contributed by atoms with Gasteiger partial charge in [0.25, 0.3) is 5.69 Å². The van der Waals surface area contributed by atoms with Crippen LogP contribution in [-0.2, 0) is 0 Å². The van der Waals surface area contributed by atoms with Crippen LogP contribution in [0.5, 0.6) is 0 Å². The van der Waals surface area contributed by atoms with Crippen molar-refractivity contribution in [1.82, 2.24) is 0 Å². The first-order valence-corrected chi connectivity index (χ1v) is 5.17. The molecule has 1 aromatic carbocycles. The van der Waals surface area contributed by atoms with Gasteiger partial charge < -0.3 is 0 Å². The normalized spacial score (nSPS) is 11.6. The molecule has 0 unspecified atom stereocenters. The highest BCUT2D eigenvalue weighted by atomic mass is 35.5. The van der Waals surface area contributed by atoms with Crippen LogP contribution in [0, 0.1) is 10.1 Å². The summed E-state index contributed by atoms with van der Waals surface area (Å²) < 4.78 is 36.2. The molecule has 16 heavy (non-hydrogen) atoms. The standard InChI is InChI=1S/C7H2Cl2F3NO2S/c8-3-1-4(13(14)15)6(9)5(2-3)16-7(10,11)12/h1-2H. The zero-order chi connectivity index (χ0) is 12.5. The van der Waals surface area contributed by atoms with E-state index in [0.29, 0.717) is 0 Å². The summed E-state index contributed by atoms with van der Waals surface area (Å²) in [6.07, 6.45) is 0. The van der Waals surface area contributed by atoms with Crippen molar-refractivity contribution >= 4 is 40.7 Å². The molecule has 0 aliphatic heterocycles. The van der Waals surface area contributed by atoms with E-state index in [1.165, 1.54) is 0 Å². The number of halogens is 5. The Balaban J connectivity index is 3.25. The molecular weight excluding hydrogens is 290 g/mol. The number of nitro benzene ring substituents is 1. The van der Waals surface area contributed by atoms with Gasteiger partial charge in [0.15, 0.2) is 0 Å². The van der Waals surface area contributed by atoms with Crippen molar-refractivity contribution in [3.05, 3.63) is 32.3 Å². The Morgan fingerprint density at radius 2 is 1.88 bits per heavy atom. The third kappa shape index (κ3) is 3.43. The molecule has 3 nitrogen and oxygen atoms in total. The smallest absolute Gasteiger partial charge is 0.258 e. The topological polar surface area (TPSA) is 43.1 Å². The Bertz CT molecular complexity index is 438. The molecule has 0 aromatic heterocycles. The van der Waals surface area contributed by atoms with Gasteiger partial charge in [0, 0.05) is 16.0 Å². The second-order valence-electron chi connectivity index (χ2n) is 2.54. The molecule has 1 rings (SSSR count). The van der Waals surface area contributed by atoms with E-state index in [0.717, 1.165) is 12.1 Å². The summed E-state index contributed by atoms with van der Waals surface area (Å²) in [5.74, 6) is 0. The van der Waals surface area contributed by atoms with Gasteiger partial charge in [-0.2, -0.15) is 13.2 Å². The number of hydrogen-bond donors (Lipinski definition) is 0. The van der Waals surface area contributed by atoms with E-state index in [9.17, 15) is 23.3 Å². The number of nitro groups is 1. The largest absolute Gasteiger partial charge is 0.446 e. The number of thioether (sulfide) groups is 1. The third-order valence-electron chi connectivity index (χ3n) is 1.41. The lowest BCUT2D eigenvalue weighted by atomic mass is 10.3. The van der Waals surface area contributed by atoms with Crippen LogP contribution >= 0.6 is 35.0 Å². The highest BCUT2D eigenvalue weighted by Crippen LogP contribution is 2.44. The van der Waals surface area contributed by atoms with Gasteiger partial charge in [0.2, 0.25) is 0 Å². The van der Waals surface area contributed by atoms with Gasteiger partial charge in [-0.15, -0.1) is 0 Å². The molecule has 0 radical (unpaired) electrons. The van der Waals surface area contributed by atoms with Crippen LogP contribution in [0.3, 0.4) is 0 Å². The molecule has 0 aliphatic carbocycles. The molecule has 0 bridgehead atoms. The Kier molecular flexibility index (Phi) is 3.92. The molecule has 0 N–H and O–H groups in total. The zero-order valence-electron chi connectivity index (χ0n) is 7.22. The predicted molar refractivity (Wildman–Crippen MR) is 55.0 cm³/mol. The zero-order valence-corrected chi connectivity index (χ0v) is 9.54. The molecule has 0 amide bonds. The Morgan fingerprint density at radius 3 is 2.31 bits per heavy atom. The summed E-state index contributed by atoms with van der Waals surface area (Å²) >= 11 is 10.4. The average molecular weight is 292 g/mol. The van der Waals surface area contributed by atoms with Crippen molar-refractivity contribution in [3.8, 4) is 0 Å². The fourth-order valence-corrected chi connectivity index (χ4v) is 2.08. The van der Waals surface area contributed by atoms with Crippen molar-refractivity contribution in [2.45, 2.75) is 10.4 Å². The first-order valence-electron chi connectivity index (χ1n) is 3.60. The van der Waals surface area contributed by atoms with E-state index in [1.807, 2.05) is 0 Å². The van der Waals surface area contributed by atoms with Gasteiger partial charge in [0.05, 0.1) is 4.92 Å². The Labute approximate surface area is 102 Å². The van der Waals surface area contributed by atoms with Crippen molar-refractivity contribution in [1.29, 1.82) is 0 Å². The second-order valence-corrected chi connectivity index (χ2v) is 4.46. The Hall–Kier alpha value is -0.660. The van der Waals surface area contributed by atoms with Crippen molar-refractivity contribution in [3.63, 3.8) is 0 Å². The van der Waals surface area contributed by atoms with Gasteiger partial charge >= 0.3 is 5.51 Å². The number of nitrogens with zero attached hydrogens (tertiary/aromatic N) is 1. The van der Waals surface area contributed by atoms with Crippen molar-refractivity contribution in [2.75, 3.05) is 0 Å². The van der Waals surface area contributed by atoms with Crippen LogP contribution in [0.15, 0.2) is 17.0 Å². The molecule has 0 spiro atoms. The number of alkyl halides is 3. The molecule has 0 saturated heterocycles. The maximum atomic E-state index is 12.1. The molecule has 88 valence electrons. The second kappa shape index (κ2) is 4.68. The summed E-state index contributed by atoms with van der Waals surface area (Å²) in [4.78, 5) is 9.08. The predicted octanol–water partition coefficient (Wildman–Crippen LogP) is 4.51. The van der Waals surface area contributed by atoms with Crippen LogP contribution in [0.4, 0.5) is 18.9 Å². The fourth-order valence-electron chi connectivity index (χ4n) is 0.882. The quantitative estimate of drug-likeness (QED) is 0.457. The van der Waals surface area contributed by atoms with E-state index >= 15 is 0 Å². The fraction of sp³-hybridized carbons (Fsp3) is 0.143. The molecule has 1 aromatic rings. The van der Waals surface area contributed by atoms with Gasteiger partial charge in [-0.25, -0.2) is 0 Å². The summed E-state index contributed by atoms with van der Waals surface area (Å²) in [6.45, 7) is 0. The summed E-state index contributed by atoms with van der Waals surface area (Å²) in [6, 6.07) is 1.82. The minimum Gasteiger partial charge on any atom is -0.258 e. The lowest BCUT2D eigenvalue weighted by Crippen LogP contribution is -2.00. The molecule has 0 aliphatic rings. The van der Waals surface area contributed by atoms with Gasteiger partial charge in [-0.3, -0.25) is 10.1 Å². The lowest BCUT2D eigenvalue weighted by Gasteiger charge is -2.07. The van der Waals surface area contributed by atoms with E-state index < -0.39 is 37.8 Å². The molecule has 0 heterocycles. The van der Waals surface area contributed by atoms with Crippen LogP contribution in [0.25, 0.3) is 0 Å². The molecule has 0 atom stereocenters. The monoisotopic (exact) mass is 291 g/mol. The summed E-state index contributed by atoms with van der Waals surface area (Å²) in [5, 5.41) is 9.71. The van der Waals surface area contributed by atoms with E-state index in [4.69, 9.17) is 23.2 Å². The maximum Gasteiger partial charge on any atom is 0.446 e. The van der Waals surface area contributed by atoms with Gasteiger partial charge in [-0.05, 0) is 17.8 Å². The summed E-state index contributed by atoms with van der Waals surface area (Å²) in [7, 11) is 0. The number of benzene rings is 1. The van der Waals surface area contributed by atoms with Gasteiger partial charge in [-0.1, -0.05) is 23.2 Å².